The SMILES string of the molecule is CCC1(C(=O)NC2CCC(Br)CC2)CC1. The first-order chi connectivity index (χ1) is 7.16. The lowest BCUT2D eigenvalue weighted by Gasteiger charge is -2.27. The molecule has 15 heavy (non-hydrogen) atoms. The van der Waals surface area contributed by atoms with Crippen LogP contribution in [0.2, 0.25) is 0 Å². The third-order valence-electron chi connectivity index (χ3n) is 4.00. The van der Waals surface area contributed by atoms with Gasteiger partial charge in [-0.15, -0.1) is 0 Å². The van der Waals surface area contributed by atoms with Gasteiger partial charge in [0, 0.05) is 16.3 Å². The van der Waals surface area contributed by atoms with Crippen LogP contribution in [0.3, 0.4) is 0 Å². The molecule has 1 amide bonds. The van der Waals surface area contributed by atoms with E-state index in [9.17, 15) is 4.79 Å². The molecular weight excluding hydrogens is 254 g/mol. The summed E-state index contributed by atoms with van der Waals surface area (Å²) in [6, 6.07) is 0.440. The molecule has 0 aromatic rings. The predicted octanol–water partition coefficient (Wildman–Crippen LogP) is 3.00. The predicted molar refractivity (Wildman–Crippen MR) is 65.1 cm³/mol. The van der Waals surface area contributed by atoms with Crippen LogP contribution in [-0.2, 0) is 4.79 Å². The van der Waals surface area contributed by atoms with E-state index in [0.29, 0.717) is 16.8 Å². The largest absolute Gasteiger partial charge is 0.353 e. The Labute approximate surface area is 100 Å². The Morgan fingerprint density at radius 1 is 1.33 bits per heavy atom. The van der Waals surface area contributed by atoms with Gasteiger partial charge in [-0.2, -0.15) is 0 Å². The lowest BCUT2D eigenvalue weighted by Crippen LogP contribution is -2.41. The fourth-order valence-electron chi connectivity index (χ4n) is 2.43. The Bertz CT molecular complexity index is 242. The Morgan fingerprint density at radius 3 is 2.40 bits per heavy atom. The standard InChI is InChI=1S/C12H20BrNO/c1-2-12(7-8-12)11(15)14-10-5-3-9(13)4-6-10/h9-10H,2-8H2,1H3,(H,14,15). The minimum absolute atomic E-state index is 0.0330. The van der Waals surface area contributed by atoms with Crippen LogP contribution >= 0.6 is 15.9 Å². The molecule has 86 valence electrons. The maximum Gasteiger partial charge on any atom is 0.226 e. The fraction of sp³-hybridized carbons (Fsp3) is 0.917. The number of hydrogen-bond acceptors (Lipinski definition) is 1. The van der Waals surface area contributed by atoms with Crippen LogP contribution in [0, 0.1) is 5.41 Å². The molecule has 0 spiro atoms. The summed E-state index contributed by atoms with van der Waals surface area (Å²) in [7, 11) is 0. The van der Waals surface area contributed by atoms with Gasteiger partial charge >= 0.3 is 0 Å². The average molecular weight is 274 g/mol. The van der Waals surface area contributed by atoms with Crippen molar-refractivity contribution in [3.05, 3.63) is 0 Å². The maximum atomic E-state index is 12.0. The highest BCUT2D eigenvalue weighted by atomic mass is 79.9. The average Bonchev–Trinajstić information content (AvgIpc) is 3.02. The Hall–Kier alpha value is -0.0500. The molecule has 2 fully saturated rings. The topological polar surface area (TPSA) is 29.1 Å². The van der Waals surface area contributed by atoms with Gasteiger partial charge < -0.3 is 5.32 Å². The zero-order chi connectivity index (χ0) is 10.9. The molecule has 0 atom stereocenters. The quantitative estimate of drug-likeness (QED) is 0.787. The van der Waals surface area contributed by atoms with Crippen molar-refractivity contribution in [2.24, 2.45) is 5.41 Å². The number of amides is 1. The lowest BCUT2D eigenvalue weighted by atomic mass is 9.94. The number of alkyl halides is 1. The fourth-order valence-corrected chi connectivity index (χ4v) is 2.96. The van der Waals surface area contributed by atoms with Gasteiger partial charge in [0.15, 0.2) is 0 Å². The Kier molecular flexibility index (Phi) is 3.39. The van der Waals surface area contributed by atoms with Crippen molar-refractivity contribution in [2.75, 3.05) is 0 Å². The highest BCUT2D eigenvalue weighted by Gasteiger charge is 2.48. The van der Waals surface area contributed by atoms with Crippen LogP contribution in [0.25, 0.3) is 0 Å². The highest BCUT2D eigenvalue weighted by Crippen LogP contribution is 2.49. The molecule has 0 bridgehead atoms. The molecule has 0 unspecified atom stereocenters. The number of rotatable bonds is 3. The minimum Gasteiger partial charge on any atom is -0.353 e. The molecule has 2 nitrogen and oxygen atoms in total. The van der Waals surface area contributed by atoms with Crippen molar-refractivity contribution in [1.29, 1.82) is 0 Å². The summed E-state index contributed by atoms with van der Waals surface area (Å²) in [6.45, 7) is 2.13. The van der Waals surface area contributed by atoms with E-state index in [4.69, 9.17) is 0 Å². The second-order valence-corrected chi connectivity index (χ2v) is 6.35. The first kappa shape index (κ1) is 11.4. The summed E-state index contributed by atoms with van der Waals surface area (Å²) >= 11 is 3.63. The molecular formula is C12H20BrNO. The van der Waals surface area contributed by atoms with E-state index in [-0.39, 0.29) is 5.41 Å². The molecule has 3 heteroatoms. The minimum atomic E-state index is 0.0330. The van der Waals surface area contributed by atoms with Crippen molar-refractivity contribution in [3.8, 4) is 0 Å². The zero-order valence-electron chi connectivity index (χ0n) is 9.39. The molecule has 1 N–H and O–H groups in total. The van der Waals surface area contributed by atoms with Crippen molar-refractivity contribution in [3.63, 3.8) is 0 Å². The van der Waals surface area contributed by atoms with Crippen molar-refractivity contribution in [2.45, 2.75) is 62.7 Å². The number of hydrogen-bond donors (Lipinski definition) is 1. The van der Waals surface area contributed by atoms with E-state index in [2.05, 4.69) is 28.2 Å². The molecule has 2 aliphatic rings. The van der Waals surface area contributed by atoms with Crippen LogP contribution in [0.4, 0.5) is 0 Å². The van der Waals surface area contributed by atoms with Gasteiger partial charge in [-0.3, -0.25) is 4.79 Å². The normalized spacial score (nSPS) is 33.5. The first-order valence-corrected chi connectivity index (χ1v) is 7.03. The summed E-state index contributed by atoms with van der Waals surface area (Å²) in [6.07, 6.45) is 7.88. The number of carbonyl (C=O) groups is 1. The van der Waals surface area contributed by atoms with Crippen LogP contribution in [-0.4, -0.2) is 16.8 Å². The van der Waals surface area contributed by atoms with Crippen LogP contribution in [0.15, 0.2) is 0 Å². The summed E-state index contributed by atoms with van der Waals surface area (Å²) in [5.74, 6) is 0.322. The molecule has 0 heterocycles. The monoisotopic (exact) mass is 273 g/mol. The van der Waals surface area contributed by atoms with Gasteiger partial charge in [-0.25, -0.2) is 0 Å². The summed E-state index contributed by atoms with van der Waals surface area (Å²) in [5.41, 5.74) is 0.0330. The second kappa shape index (κ2) is 4.44. The summed E-state index contributed by atoms with van der Waals surface area (Å²) in [4.78, 5) is 12.7. The van der Waals surface area contributed by atoms with E-state index in [0.717, 1.165) is 32.1 Å². The van der Waals surface area contributed by atoms with Crippen LogP contribution in [0.1, 0.15) is 51.9 Å². The van der Waals surface area contributed by atoms with Gasteiger partial charge in [0.05, 0.1) is 0 Å². The maximum absolute atomic E-state index is 12.0. The Morgan fingerprint density at radius 2 is 1.93 bits per heavy atom. The van der Waals surface area contributed by atoms with E-state index in [1.807, 2.05) is 0 Å². The Balaban J connectivity index is 1.79. The van der Waals surface area contributed by atoms with Gasteiger partial charge in [0.2, 0.25) is 5.91 Å². The third-order valence-corrected chi connectivity index (χ3v) is 4.92. The zero-order valence-corrected chi connectivity index (χ0v) is 11.0. The molecule has 0 radical (unpaired) electrons. The molecule has 2 saturated carbocycles. The highest BCUT2D eigenvalue weighted by molar-refractivity contribution is 9.09. The van der Waals surface area contributed by atoms with E-state index < -0.39 is 0 Å². The number of nitrogens with one attached hydrogen (secondary N) is 1. The van der Waals surface area contributed by atoms with Gasteiger partial charge in [-0.05, 0) is 44.9 Å². The number of carbonyl (C=O) groups excluding carboxylic acids is 1. The molecule has 0 saturated heterocycles. The van der Waals surface area contributed by atoms with Gasteiger partial charge in [0.1, 0.15) is 0 Å². The van der Waals surface area contributed by atoms with Gasteiger partial charge in [0.25, 0.3) is 0 Å². The molecule has 2 aliphatic carbocycles. The number of halogens is 1. The van der Waals surface area contributed by atoms with Gasteiger partial charge in [-0.1, -0.05) is 22.9 Å². The molecule has 2 rings (SSSR count). The summed E-state index contributed by atoms with van der Waals surface area (Å²) in [5, 5.41) is 3.23. The second-order valence-electron chi connectivity index (χ2n) is 5.06. The molecule has 0 aromatic carbocycles. The van der Waals surface area contributed by atoms with Crippen molar-refractivity contribution in [1.82, 2.24) is 5.32 Å². The van der Waals surface area contributed by atoms with Crippen LogP contribution in [0.5, 0.6) is 0 Å². The third kappa shape index (κ3) is 2.55. The van der Waals surface area contributed by atoms with Crippen LogP contribution < -0.4 is 5.32 Å². The van der Waals surface area contributed by atoms with E-state index in [1.54, 1.807) is 0 Å². The lowest BCUT2D eigenvalue weighted by molar-refractivity contribution is -0.127. The van der Waals surface area contributed by atoms with Crippen molar-refractivity contribution < 1.29 is 4.79 Å². The van der Waals surface area contributed by atoms with Crippen molar-refractivity contribution >= 4 is 21.8 Å². The van der Waals surface area contributed by atoms with E-state index >= 15 is 0 Å². The molecule has 0 aliphatic heterocycles. The molecule has 0 aromatic heterocycles. The first-order valence-electron chi connectivity index (χ1n) is 6.11. The van der Waals surface area contributed by atoms with E-state index in [1.165, 1.54) is 12.8 Å². The summed E-state index contributed by atoms with van der Waals surface area (Å²) < 4.78 is 0. The smallest absolute Gasteiger partial charge is 0.226 e.